The van der Waals surface area contributed by atoms with Crippen molar-refractivity contribution in [2.45, 2.75) is 57.4 Å². The van der Waals surface area contributed by atoms with E-state index < -0.39 is 22.4 Å². The average molecular weight is 371 g/mol. The van der Waals surface area contributed by atoms with Gasteiger partial charge in [-0.25, -0.2) is 13.8 Å². The Bertz CT molecular complexity index is 624. The highest BCUT2D eigenvalue weighted by molar-refractivity contribution is 7.85. The zero-order valence-corrected chi connectivity index (χ0v) is 15.7. The van der Waals surface area contributed by atoms with Gasteiger partial charge in [0.05, 0.1) is 6.54 Å². The SMILES string of the molecule is CCNC(=NCc1cc(F)ccc1F)NC1CCCC(S(=O)CC)C1. The molecule has 0 radical (unpaired) electrons. The van der Waals surface area contributed by atoms with E-state index in [1.807, 2.05) is 13.8 Å². The number of benzene rings is 1. The summed E-state index contributed by atoms with van der Waals surface area (Å²) >= 11 is 0. The number of aliphatic imine (C=N–C) groups is 1. The molecule has 1 fully saturated rings. The summed E-state index contributed by atoms with van der Waals surface area (Å²) in [6.07, 6.45) is 3.88. The van der Waals surface area contributed by atoms with E-state index in [4.69, 9.17) is 0 Å². The van der Waals surface area contributed by atoms with Crippen molar-refractivity contribution < 1.29 is 13.0 Å². The maximum absolute atomic E-state index is 13.7. The standard InChI is InChI=1S/C18H27F2N3OS/c1-3-21-18(22-12-13-10-14(19)8-9-17(13)20)23-15-6-5-7-16(11-15)25(24)4-2/h8-10,15-16H,3-7,11-12H2,1-2H3,(H2,21,22,23). The van der Waals surface area contributed by atoms with Gasteiger partial charge in [-0.1, -0.05) is 13.3 Å². The summed E-state index contributed by atoms with van der Waals surface area (Å²) in [5, 5.41) is 6.72. The number of hydrogen-bond donors (Lipinski definition) is 2. The van der Waals surface area contributed by atoms with Gasteiger partial charge in [-0.2, -0.15) is 0 Å². The Kier molecular flexibility index (Phi) is 7.81. The van der Waals surface area contributed by atoms with Gasteiger partial charge < -0.3 is 10.6 Å². The van der Waals surface area contributed by atoms with Gasteiger partial charge in [0.1, 0.15) is 11.6 Å². The first-order chi connectivity index (χ1) is 12.0. The van der Waals surface area contributed by atoms with Crippen molar-refractivity contribution in [3.05, 3.63) is 35.4 Å². The van der Waals surface area contributed by atoms with Crippen LogP contribution in [-0.4, -0.2) is 33.8 Å². The van der Waals surface area contributed by atoms with Crippen LogP contribution >= 0.6 is 0 Å². The fourth-order valence-electron chi connectivity index (χ4n) is 3.09. The third kappa shape index (κ3) is 6.06. The largest absolute Gasteiger partial charge is 0.357 e. The predicted molar refractivity (Wildman–Crippen MR) is 99.0 cm³/mol. The van der Waals surface area contributed by atoms with Crippen molar-refractivity contribution in [1.82, 2.24) is 10.6 Å². The minimum Gasteiger partial charge on any atom is -0.357 e. The second-order valence-electron chi connectivity index (χ2n) is 6.23. The van der Waals surface area contributed by atoms with Gasteiger partial charge in [0.15, 0.2) is 5.96 Å². The minimum atomic E-state index is -0.783. The summed E-state index contributed by atoms with van der Waals surface area (Å²) in [5.74, 6) is 0.336. The molecule has 140 valence electrons. The smallest absolute Gasteiger partial charge is 0.191 e. The van der Waals surface area contributed by atoms with Crippen LogP contribution in [0.5, 0.6) is 0 Å². The molecule has 0 saturated heterocycles. The molecular formula is C18H27F2N3OS. The van der Waals surface area contributed by atoms with E-state index in [0.717, 1.165) is 37.8 Å². The zero-order valence-electron chi connectivity index (χ0n) is 14.9. The molecule has 1 aromatic rings. The normalized spacial score (nSPS) is 22.5. The van der Waals surface area contributed by atoms with E-state index in [0.29, 0.717) is 18.3 Å². The predicted octanol–water partition coefficient (Wildman–Crippen LogP) is 3.10. The Morgan fingerprint density at radius 3 is 2.84 bits per heavy atom. The van der Waals surface area contributed by atoms with Crippen LogP contribution in [-0.2, 0) is 17.3 Å². The van der Waals surface area contributed by atoms with Gasteiger partial charge in [0.2, 0.25) is 0 Å². The van der Waals surface area contributed by atoms with Gasteiger partial charge >= 0.3 is 0 Å². The first kappa shape index (κ1) is 19.8. The summed E-state index contributed by atoms with van der Waals surface area (Å²) in [6.45, 7) is 4.65. The molecule has 25 heavy (non-hydrogen) atoms. The number of halogens is 2. The molecule has 1 aromatic carbocycles. The van der Waals surface area contributed by atoms with Crippen LogP contribution in [0, 0.1) is 11.6 Å². The van der Waals surface area contributed by atoms with Crippen molar-refractivity contribution >= 4 is 16.8 Å². The van der Waals surface area contributed by atoms with Crippen LogP contribution in [0.15, 0.2) is 23.2 Å². The first-order valence-corrected chi connectivity index (χ1v) is 10.3. The molecule has 7 heteroatoms. The molecule has 3 atom stereocenters. The first-order valence-electron chi connectivity index (χ1n) is 8.89. The highest BCUT2D eigenvalue weighted by Crippen LogP contribution is 2.23. The monoisotopic (exact) mass is 371 g/mol. The van der Waals surface area contributed by atoms with Crippen LogP contribution in [0.3, 0.4) is 0 Å². The van der Waals surface area contributed by atoms with E-state index in [9.17, 15) is 13.0 Å². The Morgan fingerprint density at radius 1 is 1.32 bits per heavy atom. The topological polar surface area (TPSA) is 53.5 Å². The molecule has 1 aliphatic carbocycles. The Labute approximate surface area is 151 Å². The molecule has 0 spiro atoms. The molecule has 0 aromatic heterocycles. The quantitative estimate of drug-likeness (QED) is 0.597. The summed E-state index contributed by atoms with van der Waals surface area (Å²) in [6, 6.07) is 3.59. The minimum absolute atomic E-state index is 0.0654. The lowest BCUT2D eigenvalue weighted by Gasteiger charge is -2.30. The molecule has 0 heterocycles. The number of hydrogen-bond acceptors (Lipinski definition) is 2. The Hall–Kier alpha value is -1.50. The van der Waals surface area contributed by atoms with Gasteiger partial charge in [0, 0.05) is 40.0 Å². The van der Waals surface area contributed by atoms with Crippen LogP contribution < -0.4 is 10.6 Å². The number of nitrogens with one attached hydrogen (secondary N) is 2. The lowest BCUT2D eigenvalue weighted by molar-refractivity contribution is 0.413. The maximum atomic E-state index is 13.7. The van der Waals surface area contributed by atoms with Gasteiger partial charge in [-0.15, -0.1) is 0 Å². The lowest BCUT2D eigenvalue weighted by Crippen LogP contribution is -2.46. The molecule has 1 saturated carbocycles. The number of nitrogens with zero attached hydrogens (tertiary/aromatic N) is 1. The molecule has 4 nitrogen and oxygen atoms in total. The summed E-state index contributed by atoms with van der Waals surface area (Å²) in [5.41, 5.74) is 0.228. The third-order valence-corrected chi connectivity index (χ3v) is 6.12. The van der Waals surface area contributed by atoms with Crippen molar-refractivity contribution in [3.63, 3.8) is 0 Å². The summed E-state index contributed by atoms with van der Waals surface area (Å²) in [4.78, 5) is 4.38. The lowest BCUT2D eigenvalue weighted by atomic mass is 9.95. The second kappa shape index (κ2) is 9.85. The van der Waals surface area contributed by atoms with Gasteiger partial charge in [-0.05, 0) is 44.4 Å². The van der Waals surface area contributed by atoms with Gasteiger partial charge in [-0.3, -0.25) is 4.21 Å². The van der Waals surface area contributed by atoms with Crippen LogP contribution in [0.25, 0.3) is 0 Å². The molecule has 2 N–H and O–H groups in total. The van der Waals surface area contributed by atoms with E-state index in [2.05, 4.69) is 15.6 Å². The number of rotatable bonds is 6. The Balaban J connectivity index is 2.02. The summed E-state index contributed by atoms with van der Waals surface area (Å²) < 4.78 is 39.1. The Morgan fingerprint density at radius 2 is 2.12 bits per heavy atom. The van der Waals surface area contributed by atoms with Crippen LogP contribution in [0.4, 0.5) is 8.78 Å². The fourth-order valence-corrected chi connectivity index (χ4v) is 4.44. The highest BCUT2D eigenvalue weighted by Gasteiger charge is 2.26. The zero-order chi connectivity index (χ0) is 18.2. The fraction of sp³-hybridized carbons (Fsp3) is 0.611. The van der Waals surface area contributed by atoms with Gasteiger partial charge in [0.25, 0.3) is 0 Å². The van der Waals surface area contributed by atoms with E-state index >= 15 is 0 Å². The summed E-state index contributed by atoms with van der Waals surface area (Å²) in [7, 11) is -0.783. The van der Waals surface area contributed by atoms with Crippen molar-refractivity contribution in [2.24, 2.45) is 4.99 Å². The van der Waals surface area contributed by atoms with E-state index in [1.54, 1.807) is 0 Å². The maximum Gasteiger partial charge on any atom is 0.191 e. The average Bonchev–Trinajstić information content (AvgIpc) is 2.62. The van der Waals surface area contributed by atoms with E-state index in [1.165, 1.54) is 6.07 Å². The van der Waals surface area contributed by atoms with Crippen LogP contribution in [0.2, 0.25) is 0 Å². The molecule has 1 aliphatic rings. The second-order valence-corrected chi connectivity index (χ2v) is 8.24. The van der Waals surface area contributed by atoms with Crippen molar-refractivity contribution in [2.75, 3.05) is 12.3 Å². The third-order valence-electron chi connectivity index (χ3n) is 4.38. The molecule has 0 amide bonds. The molecular weight excluding hydrogens is 344 g/mol. The van der Waals surface area contributed by atoms with Crippen molar-refractivity contribution in [1.29, 1.82) is 0 Å². The molecule has 0 bridgehead atoms. The molecule has 0 aliphatic heterocycles. The highest BCUT2D eigenvalue weighted by atomic mass is 32.2. The molecule has 2 rings (SSSR count). The molecule has 3 unspecified atom stereocenters. The van der Waals surface area contributed by atoms with E-state index in [-0.39, 0.29) is 23.4 Å². The van der Waals surface area contributed by atoms with Crippen molar-refractivity contribution in [3.8, 4) is 0 Å². The number of guanidine groups is 1. The van der Waals surface area contributed by atoms with Crippen LogP contribution in [0.1, 0.15) is 45.1 Å².